The van der Waals surface area contributed by atoms with E-state index in [1.54, 1.807) is 6.33 Å². The van der Waals surface area contributed by atoms with E-state index in [9.17, 15) is 0 Å². The van der Waals surface area contributed by atoms with Crippen LogP contribution < -0.4 is 5.48 Å². The van der Waals surface area contributed by atoms with Gasteiger partial charge in [0.05, 0.1) is 23.9 Å². The van der Waals surface area contributed by atoms with Crippen LogP contribution in [0.15, 0.2) is 42.4 Å². The summed E-state index contributed by atoms with van der Waals surface area (Å²) in [4.78, 5) is 7.37. The molecular weight excluding hydrogens is 250 g/mol. The molecule has 2 aromatic rings. The molecule has 3 N–H and O–H groups in total. The summed E-state index contributed by atoms with van der Waals surface area (Å²) in [6, 6.07) is 7.85. The van der Waals surface area contributed by atoms with Crippen LogP contribution in [0.3, 0.4) is 0 Å². The Morgan fingerprint density at radius 1 is 1.20 bits per heavy atom. The van der Waals surface area contributed by atoms with Gasteiger partial charge in [-0.2, -0.15) is 0 Å². The standard InChI is InChI=1S/C16H19N3O/c20-19-14-8-4-7-13(9-14)16(15-10-17-11-18-15)12-5-2-1-3-6-12/h4,7-11,19-20H,1-3,5-6H2,(H,17,18). The summed E-state index contributed by atoms with van der Waals surface area (Å²) < 4.78 is 0. The van der Waals surface area contributed by atoms with Gasteiger partial charge in [0.2, 0.25) is 0 Å². The van der Waals surface area contributed by atoms with Crippen molar-refractivity contribution < 1.29 is 5.21 Å². The van der Waals surface area contributed by atoms with Gasteiger partial charge in [-0.15, -0.1) is 0 Å². The van der Waals surface area contributed by atoms with Gasteiger partial charge >= 0.3 is 0 Å². The number of nitrogens with one attached hydrogen (secondary N) is 2. The number of aromatic amines is 1. The number of allylic oxidation sites excluding steroid dienone is 1. The van der Waals surface area contributed by atoms with E-state index in [1.807, 2.05) is 24.4 Å². The maximum absolute atomic E-state index is 9.10. The second-order valence-corrected chi connectivity index (χ2v) is 5.20. The fourth-order valence-corrected chi connectivity index (χ4v) is 2.92. The largest absolute Gasteiger partial charge is 0.345 e. The van der Waals surface area contributed by atoms with E-state index in [4.69, 9.17) is 5.21 Å². The number of hydrogen-bond donors (Lipinski definition) is 3. The first-order chi connectivity index (χ1) is 9.88. The van der Waals surface area contributed by atoms with Gasteiger partial charge in [-0.05, 0) is 43.4 Å². The zero-order valence-corrected chi connectivity index (χ0v) is 11.4. The van der Waals surface area contributed by atoms with Crippen molar-refractivity contribution in [2.75, 3.05) is 5.48 Å². The molecule has 4 nitrogen and oxygen atoms in total. The van der Waals surface area contributed by atoms with E-state index in [1.165, 1.54) is 30.4 Å². The summed E-state index contributed by atoms with van der Waals surface area (Å²) >= 11 is 0. The van der Waals surface area contributed by atoms with Crippen LogP contribution in [0.5, 0.6) is 0 Å². The molecule has 0 aliphatic heterocycles. The van der Waals surface area contributed by atoms with E-state index in [-0.39, 0.29) is 0 Å². The molecule has 1 aromatic heterocycles. The van der Waals surface area contributed by atoms with Gasteiger partial charge in [0.15, 0.2) is 0 Å². The van der Waals surface area contributed by atoms with Gasteiger partial charge in [0.1, 0.15) is 0 Å². The van der Waals surface area contributed by atoms with Crippen molar-refractivity contribution in [3.05, 3.63) is 53.6 Å². The third kappa shape index (κ3) is 2.60. The van der Waals surface area contributed by atoms with Crippen LogP contribution in [-0.4, -0.2) is 15.2 Å². The lowest BCUT2D eigenvalue weighted by Crippen LogP contribution is -2.01. The molecule has 0 atom stereocenters. The zero-order valence-electron chi connectivity index (χ0n) is 11.4. The van der Waals surface area contributed by atoms with Crippen molar-refractivity contribution in [2.24, 2.45) is 0 Å². The highest BCUT2D eigenvalue weighted by atomic mass is 16.5. The topological polar surface area (TPSA) is 60.9 Å². The molecule has 0 saturated heterocycles. The molecule has 1 aliphatic rings. The molecule has 104 valence electrons. The molecule has 0 amide bonds. The van der Waals surface area contributed by atoms with E-state index in [0.717, 1.165) is 24.1 Å². The van der Waals surface area contributed by atoms with E-state index >= 15 is 0 Å². The first kappa shape index (κ1) is 12.9. The van der Waals surface area contributed by atoms with Gasteiger partial charge in [-0.3, -0.25) is 10.7 Å². The van der Waals surface area contributed by atoms with E-state index in [2.05, 4.69) is 21.5 Å². The first-order valence-electron chi connectivity index (χ1n) is 7.10. The molecule has 3 rings (SSSR count). The lowest BCUT2D eigenvalue weighted by molar-refractivity contribution is 0.389. The Hall–Kier alpha value is -2.07. The predicted molar refractivity (Wildman–Crippen MR) is 79.5 cm³/mol. The molecule has 0 bridgehead atoms. The minimum absolute atomic E-state index is 0.705. The highest BCUT2D eigenvalue weighted by Crippen LogP contribution is 2.34. The Kier molecular flexibility index (Phi) is 3.83. The van der Waals surface area contributed by atoms with E-state index in [0.29, 0.717) is 5.69 Å². The normalized spacial score (nSPS) is 15.2. The second kappa shape index (κ2) is 5.92. The number of rotatable bonds is 3. The third-order valence-corrected chi connectivity index (χ3v) is 3.86. The molecule has 1 aromatic carbocycles. The quantitative estimate of drug-likeness (QED) is 0.739. The molecule has 1 heterocycles. The van der Waals surface area contributed by atoms with Crippen molar-refractivity contribution in [1.82, 2.24) is 9.97 Å². The molecule has 0 spiro atoms. The van der Waals surface area contributed by atoms with Crippen molar-refractivity contribution in [2.45, 2.75) is 32.1 Å². The van der Waals surface area contributed by atoms with Gasteiger partial charge in [0.25, 0.3) is 0 Å². The van der Waals surface area contributed by atoms with Crippen LogP contribution in [0.2, 0.25) is 0 Å². The molecule has 4 heteroatoms. The minimum atomic E-state index is 0.705. The molecular formula is C16H19N3O. The van der Waals surface area contributed by atoms with Crippen molar-refractivity contribution in [3.8, 4) is 0 Å². The highest BCUT2D eigenvalue weighted by Gasteiger charge is 2.16. The number of H-pyrrole nitrogens is 1. The van der Waals surface area contributed by atoms with Crippen molar-refractivity contribution in [1.29, 1.82) is 0 Å². The first-order valence-corrected chi connectivity index (χ1v) is 7.10. The Labute approximate surface area is 118 Å². The molecule has 20 heavy (non-hydrogen) atoms. The smallest absolute Gasteiger partial charge is 0.0924 e. The maximum atomic E-state index is 9.10. The van der Waals surface area contributed by atoms with Gasteiger partial charge in [0, 0.05) is 5.57 Å². The monoisotopic (exact) mass is 269 g/mol. The summed E-state index contributed by atoms with van der Waals surface area (Å²) in [5, 5.41) is 9.10. The Balaban J connectivity index is 2.09. The highest BCUT2D eigenvalue weighted by molar-refractivity contribution is 5.81. The second-order valence-electron chi connectivity index (χ2n) is 5.20. The Morgan fingerprint density at radius 3 is 2.75 bits per heavy atom. The number of aromatic nitrogens is 2. The molecule has 1 fully saturated rings. The number of hydrogen-bond acceptors (Lipinski definition) is 3. The van der Waals surface area contributed by atoms with Crippen LogP contribution >= 0.6 is 0 Å². The number of anilines is 1. The average Bonchev–Trinajstić information content (AvgIpc) is 3.03. The minimum Gasteiger partial charge on any atom is -0.345 e. The number of nitrogens with zero attached hydrogens (tertiary/aromatic N) is 1. The maximum Gasteiger partial charge on any atom is 0.0924 e. The van der Waals surface area contributed by atoms with E-state index < -0.39 is 0 Å². The van der Waals surface area contributed by atoms with Gasteiger partial charge < -0.3 is 4.98 Å². The van der Waals surface area contributed by atoms with Gasteiger partial charge in [-0.1, -0.05) is 24.1 Å². The summed E-state index contributed by atoms with van der Waals surface area (Å²) in [5.74, 6) is 0. The van der Waals surface area contributed by atoms with Crippen LogP contribution in [0.25, 0.3) is 5.57 Å². The third-order valence-electron chi connectivity index (χ3n) is 3.86. The summed E-state index contributed by atoms with van der Waals surface area (Å²) in [6.45, 7) is 0. The molecule has 1 saturated carbocycles. The lowest BCUT2D eigenvalue weighted by atomic mass is 9.87. The van der Waals surface area contributed by atoms with Crippen LogP contribution in [0.1, 0.15) is 43.4 Å². The van der Waals surface area contributed by atoms with Crippen LogP contribution in [0.4, 0.5) is 5.69 Å². The summed E-state index contributed by atoms with van der Waals surface area (Å²) in [6.07, 6.45) is 9.70. The average molecular weight is 269 g/mol. The molecule has 0 radical (unpaired) electrons. The Bertz CT molecular complexity index is 594. The molecule has 1 aliphatic carbocycles. The number of benzene rings is 1. The van der Waals surface area contributed by atoms with Gasteiger partial charge in [-0.25, -0.2) is 4.98 Å². The Morgan fingerprint density at radius 2 is 2.05 bits per heavy atom. The van der Waals surface area contributed by atoms with Crippen molar-refractivity contribution >= 4 is 11.3 Å². The number of imidazole rings is 1. The molecule has 0 unspecified atom stereocenters. The SMILES string of the molecule is ONc1cccc(C(=C2CCCCC2)c2cnc[nH]2)c1. The summed E-state index contributed by atoms with van der Waals surface area (Å²) in [7, 11) is 0. The van der Waals surface area contributed by atoms with Crippen LogP contribution in [0, 0.1) is 0 Å². The van der Waals surface area contributed by atoms with Crippen molar-refractivity contribution in [3.63, 3.8) is 0 Å². The predicted octanol–water partition coefficient (Wildman–Crippen LogP) is 3.98. The van der Waals surface area contributed by atoms with Crippen LogP contribution in [-0.2, 0) is 0 Å². The zero-order chi connectivity index (χ0) is 13.8. The summed E-state index contributed by atoms with van der Waals surface area (Å²) in [5.41, 5.74) is 7.81. The fourth-order valence-electron chi connectivity index (χ4n) is 2.92. The lowest BCUT2D eigenvalue weighted by Gasteiger charge is -2.19. The fraction of sp³-hybridized carbons (Fsp3) is 0.312.